The first kappa shape index (κ1) is 11.1. The van der Waals surface area contributed by atoms with Gasteiger partial charge in [0, 0.05) is 11.3 Å². The number of aryl methyl sites for hydroxylation is 1. The van der Waals surface area contributed by atoms with Gasteiger partial charge in [0.15, 0.2) is 6.73 Å². The first-order valence-corrected chi connectivity index (χ1v) is 6.31. The maximum absolute atomic E-state index is 5.82. The number of fused-ring (bicyclic) bond motifs is 1. The zero-order chi connectivity index (χ0) is 12.5. The molecular weight excluding hydrogens is 222 g/mol. The van der Waals surface area contributed by atoms with E-state index in [4.69, 9.17) is 4.74 Å². The molecule has 1 aliphatic rings. The average molecular weight is 239 g/mol. The van der Waals surface area contributed by atoms with Gasteiger partial charge in [-0.3, -0.25) is 0 Å². The second kappa shape index (κ2) is 4.37. The third-order valence-electron chi connectivity index (χ3n) is 3.56. The lowest BCUT2D eigenvalue weighted by Gasteiger charge is -2.36. The lowest BCUT2D eigenvalue weighted by atomic mass is 10.0. The zero-order valence-corrected chi connectivity index (χ0v) is 10.8. The van der Waals surface area contributed by atoms with Crippen LogP contribution in [0.2, 0.25) is 0 Å². The maximum atomic E-state index is 5.82. The van der Waals surface area contributed by atoms with Gasteiger partial charge in [-0.2, -0.15) is 0 Å². The van der Waals surface area contributed by atoms with Crippen molar-refractivity contribution >= 4 is 5.69 Å². The number of rotatable bonds is 1. The first-order valence-electron chi connectivity index (χ1n) is 6.31. The fourth-order valence-corrected chi connectivity index (χ4v) is 2.41. The molecule has 2 heteroatoms. The molecule has 1 atom stereocenters. The van der Waals surface area contributed by atoms with Gasteiger partial charge in [0.25, 0.3) is 0 Å². The molecular formula is C16H17NO. The first-order chi connectivity index (χ1) is 8.75. The molecule has 0 aromatic heterocycles. The second-order valence-corrected chi connectivity index (χ2v) is 4.79. The summed E-state index contributed by atoms with van der Waals surface area (Å²) in [5, 5.41) is 0. The van der Waals surface area contributed by atoms with Gasteiger partial charge in [-0.15, -0.1) is 0 Å². The van der Waals surface area contributed by atoms with Crippen LogP contribution in [-0.2, 0) is 0 Å². The van der Waals surface area contributed by atoms with Gasteiger partial charge in [0.2, 0.25) is 0 Å². The SMILES string of the molecule is Cc1ccc(N2COc3ccccc3C2C)cc1. The molecule has 2 aromatic carbocycles. The molecule has 1 heterocycles. The van der Waals surface area contributed by atoms with E-state index in [1.165, 1.54) is 16.8 Å². The summed E-state index contributed by atoms with van der Waals surface area (Å²) in [5.74, 6) is 1.01. The molecule has 0 saturated carbocycles. The van der Waals surface area contributed by atoms with E-state index < -0.39 is 0 Å². The van der Waals surface area contributed by atoms with Crippen molar-refractivity contribution in [2.24, 2.45) is 0 Å². The van der Waals surface area contributed by atoms with Crippen molar-refractivity contribution < 1.29 is 4.74 Å². The summed E-state index contributed by atoms with van der Waals surface area (Å²) >= 11 is 0. The highest BCUT2D eigenvalue weighted by atomic mass is 16.5. The van der Waals surface area contributed by atoms with Gasteiger partial charge in [-0.1, -0.05) is 35.9 Å². The summed E-state index contributed by atoms with van der Waals surface area (Å²) < 4.78 is 5.82. The van der Waals surface area contributed by atoms with Crippen LogP contribution >= 0.6 is 0 Å². The van der Waals surface area contributed by atoms with Crippen LogP contribution in [0.1, 0.15) is 24.1 Å². The molecule has 0 fully saturated rings. The van der Waals surface area contributed by atoms with Gasteiger partial charge in [-0.25, -0.2) is 0 Å². The van der Waals surface area contributed by atoms with Crippen LogP contribution in [-0.4, -0.2) is 6.73 Å². The van der Waals surface area contributed by atoms with Crippen LogP contribution in [0.25, 0.3) is 0 Å². The number of para-hydroxylation sites is 1. The highest BCUT2D eigenvalue weighted by molar-refractivity contribution is 5.52. The van der Waals surface area contributed by atoms with E-state index in [1.807, 2.05) is 12.1 Å². The predicted molar refractivity (Wildman–Crippen MR) is 74.0 cm³/mol. The molecule has 0 bridgehead atoms. The van der Waals surface area contributed by atoms with E-state index in [0.717, 1.165) is 5.75 Å². The summed E-state index contributed by atoms with van der Waals surface area (Å²) in [6.07, 6.45) is 0. The monoisotopic (exact) mass is 239 g/mol. The zero-order valence-electron chi connectivity index (χ0n) is 10.8. The van der Waals surface area contributed by atoms with Gasteiger partial charge in [0.05, 0.1) is 6.04 Å². The minimum atomic E-state index is 0.345. The van der Waals surface area contributed by atoms with Crippen molar-refractivity contribution in [3.8, 4) is 5.75 Å². The fraction of sp³-hybridized carbons (Fsp3) is 0.250. The number of benzene rings is 2. The Balaban J connectivity index is 1.95. The van der Waals surface area contributed by atoms with Crippen LogP contribution in [0.15, 0.2) is 48.5 Å². The average Bonchev–Trinajstić information content (AvgIpc) is 2.41. The Kier molecular flexibility index (Phi) is 2.71. The topological polar surface area (TPSA) is 12.5 Å². The lowest BCUT2D eigenvalue weighted by molar-refractivity contribution is 0.273. The van der Waals surface area contributed by atoms with Gasteiger partial charge in [0.1, 0.15) is 5.75 Å². The number of hydrogen-bond donors (Lipinski definition) is 0. The van der Waals surface area contributed by atoms with E-state index in [-0.39, 0.29) is 0 Å². The third-order valence-corrected chi connectivity index (χ3v) is 3.56. The van der Waals surface area contributed by atoms with Crippen molar-refractivity contribution in [3.63, 3.8) is 0 Å². The Bertz CT molecular complexity index is 547. The van der Waals surface area contributed by atoms with E-state index in [1.54, 1.807) is 0 Å². The smallest absolute Gasteiger partial charge is 0.162 e. The van der Waals surface area contributed by atoms with Crippen LogP contribution in [0.5, 0.6) is 5.75 Å². The van der Waals surface area contributed by atoms with E-state index in [9.17, 15) is 0 Å². The molecule has 18 heavy (non-hydrogen) atoms. The van der Waals surface area contributed by atoms with Crippen molar-refractivity contribution in [1.29, 1.82) is 0 Å². The quantitative estimate of drug-likeness (QED) is 0.748. The van der Waals surface area contributed by atoms with Crippen molar-refractivity contribution in [2.75, 3.05) is 11.6 Å². The molecule has 92 valence electrons. The van der Waals surface area contributed by atoms with Crippen LogP contribution in [0, 0.1) is 6.92 Å². The number of nitrogens with zero attached hydrogens (tertiary/aromatic N) is 1. The summed E-state index contributed by atoms with van der Waals surface area (Å²) in [6.45, 7) is 4.94. The summed E-state index contributed by atoms with van der Waals surface area (Å²) in [7, 11) is 0. The molecule has 2 nitrogen and oxygen atoms in total. The van der Waals surface area contributed by atoms with Crippen molar-refractivity contribution in [3.05, 3.63) is 59.7 Å². The standard InChI is InChI=1S/C16H17NO/c1-12-7-9-14(10-8-12)17-11-18-16-6-4-3-5-15(16)13(17)2/h3-10,13H,11H2,1-2H3. The minimum Gasteiger partial charge on any atom is -0.473 e. The predicted octanol–water partition coefficient (Wildman–Crippen LogP) is 3.91. The molecule has 3 rings (SSSR count). The number of anilines is 1. The second-order valence-electron chi connectivity index (χ2n) is 4.79. The van der Waals surface area contributed by atoms with E-state index in [2.05, 4.69) is 55.1 Å². The van der Waals surface area contributed by atoms with Gasteiger partial charge < -0.3 is 9.64 Å². The van der Waals surface area contributed by atoms with Gasteiger partial charge >= 0.3 is 0 Å². The van der Waals surface area contributed by atoms with Crippen LogP contribution in [0.3, 0.4) is 0 Å². The van der Waals surface area contributed by atoms with E-state index >= 15 is 0 Å². The third kappa shape index (κ3) is 1.84. The van der Waals surface area contributed by atoms with E-state index in [0.29, 0.717) is 12.8 Å². The van der Waals surface area contributed by atoms with Crippen molar-refractivity contribution in [1.82, 2.24) is 0 Å². The number of ether oxygens (including phenoxy) is 1. The Labute approximate surface area is 108 Å². The van der Waals surface area contributed by atoms with Crippen LogP contribution < -0.4 is 9.64 Å². The van der Waals surface area contributed by atoms with Crippen LogP contribution in [0.4, 0.5) is 5.69 Å². The molecule has 0 N–H and O–H groups in total. The largest absolute Gasteiger partial charge is 0.473 e. The Hall–Kier alpha value is -1.96. The Morgan fingerprint density at radius 1 is 1.06 bits per heavy atom. The molecule has 2 aromatic rings. The normalized spacial score (nSPS) is 18.1. The molecule has 1 unspecified atom stereocenters. The summed E-state index contributed by atoms with van der Waals surface area (Å²) in [6, 6.07) is 17.2. The highest BCUT2D eigenvalue weighted by Gasteiger charge is 2.24. The molecule has 0 aliphatic carbocycles. The van der Waals surface area contributed by atoms with Crippen molar-refractivity contribution in [2.45, 2.75) is 19.9 Å². The molecule has 1 aliphatic heterocycles. The minimum absolute atomic E-state index is 0.345. The number of hydrogen-bond acceptors (Lipinski definition) is 2. The summed E-state index contributed by atoms with van der Waals surface area (Å²) in [4.78, 5) is 2.28. The molecule has 0 amide bonds. The fourth-order valence-electron chi connectivity index (χ4n) is 2.41. The summed E-state index contributed by atoms with van der Waals surface area (Å²) in [5.41, 5.74) is 3.75. The Morgan fingerprint density at radius 2 is 1.78 bits per heavy atom. The van der Waals surface area contributed by atoms with Gasteiger partial charge in [-0.05, 0) is 32.0 Å². The molecule has 0 saturated heterocycles. The highest BCUT2D eigenvalue weighted by Crippen LogP contribution is 2.36. The molecule has 0 radical (unpaired) electrons. The lowest BCUT2D eigenvalue weighted by Crippen LogP contribution is -2.35. The Morgan fingerprint density at radius 3 is 2.56 bits per heavy atom. The maximum Gasteiger partial charge on any atom is 0.162 e. The molecule has 0 spiro atoms.